The summed E-state index contributed by atoms with van der Waals surface area (Å²) < 4.78 is 33.0. The monoisotopic (exact) mass is 450 g/mol. The average molecular weight is 451 g/mol. The SMILES string of the molecule is COC(=O)c1cc(S(=O)(=O)N[C@@H](C)c2ccc(N3CCC(C)CC3)cc2)ccc1Cl. The molecule has 1 aliphatic heterocycles. The minimum Gasteiger partial charge on any atom is -0.465 e. The van der Waals surface area contributed by atoms with Gasteiger partial charge in [0.15, 0.2) is 0 Å². The summed E-state index contributed by atoms with van der Waals surface area (Å²) in [5.41, 5.74) is 2.02. The first-order valence-corrected chi connectivity index (χ1v) is 11.8. The lowest BCUT2D eigenvalue weighted by Crippen LogP contribution is -2.32. The molecule has 0 bridgehead atoms. The second-order valence-electron chi connectivity index (χ2n) is 7.74. The molecule has 1 atom stereocenters. The molecule has 1 fully saturated rings. The number of esters is 1. The molecule has 30 heavy (non-hydrogen) atoms. The number of sulfonamides is 1. The quantitative estimate of drug-likeness (QED) is 0.660. The number of nitrogens with one attached hydrogen (secondary N) is 1. The van der Waals surface area contributed by atoms with Crippen LogP contribution in [0.3, 0.4) is 0 Å². The van der Waals surface area contributed by atoms with E-state index in [0.29, 0.717) is 0 Å². The molecule has 0 spiro atoms. The number of ether oxygens (including phenoxy) is 1. The summed E-state index contributed by atoms with van der Waals surface area (Å²) in [6.07, 6.45) is 2.37. The zero-order chi connectivity index (χ0) is 21.9. The number of hydrogen-bond donors (Lipinski definition) is 1. The smallest absolute Gasteiger partial charge is 0.339 e. The van der Waals surface area contributed by atoms with Gasteiger partial charge in [-0.15, -0.1) is 0 Å². The highest BCUT2D eigenvalue weighted by Crippen LogP contribution is 2.26. The van der Waals surface area contributed by atoms with Crippen molar-refractivity contribution in [3.8, 4) is 0 Å². The standard InChI is InChI=1S/C22H27ClN2O4S/c1-15-10-12-25(13-11-15)18-6-4-17(5-7-18)16(2)24-30(27,28)19-8-9-21(23)20(14-19)22(26)29-3/h4-9,14-16,24H,10-13H2,1-3H3/t16-/m0/s1. The van der Waals surface area contributed by atoms with Crippen LogP contribution in [0.4, 0.5) is 5.69 Å². The third-order valence-corrected chi connectivity index (χ3v) is 7.40. The van der Waals surface area contributed by atoms with E-state index < -0.39 is 22.0 Å². The van der Waals surface area contributed by atoms with E-state index >= 15 is 0 Å². The predicted octanol–water partition coefficient (Wildman–Crippen LogP) is 4.40. The summed E-state index contributed by atoms with van der Waals surface area (Å²) in [5.74, 6) is 0.0790. The van der Waals surface area contributed by atoms with Crippen LogP contribution in [0.15, 0.2) is 47.4 Å². The van der Waals surface area contributed by atoms with Crippen molar-refractivity contribution < 1.29 is 17.9 Å². The minimum atomic E-state index is -3.85. The van der Waals surface area contributed by atoms with Gasteiger partial charge in [-0.3, -0.25) is 0 Å². The summed E-state index contributed by atoms with van der Waals surface area (Å²) in [6, 6.07) is 11.5. The van der Waals surface area contributed by atoms with Gasteiger partial charge in [-0.2, -0.15) is 0 Å². The summed E-state index contributed by atoms with van der Waals surface area (Å²) in [5, 5.41) is 0.136. The van der Waals surface area contributed by atoms with Crippen molar-refractivity contribution in [3.05, 3.63) is 58.6 Å². The number of halogens is 1. The number of nitrogens with zero attached hydrogens (tertiary/aromatic N) is 1. The Morgan fingerprint density at radius 2 is 1.80 bits per heavy atom. The Kier molecular flexibility index (Phi) is 7.06. The first kappa shape index (κ1) is 22.6. The van der Waals surface area contributed by atoms with Gasteiger partial charge in [0.25, 0.3) is 0 Å². The van der Waals surface area contributed by atoms with Gasteiger partial charge in [0, 0.05) is 24.8 Å². The molecule has 3 rings (SSSR count). The van der Waals surface area contributed by atoms with Crippen LogP contribution in [-0.2, 0) is 14.8 Å². The van der Waals surface area contributed by atoms with E-state index in [1.165, 1.54) is 38.2 Å². The number of carbonyl (C=O) groups excluding carboxylic acids is 1. The Bertz CT molecular complexity index is 1000. The van der Waals surface area contributed by atoms with Crippen LogP contribution >= 0.6 is 11.6 Å². The van der Waals surface area contributed by atoms with E-state index in [4.69, 9.17) is 11.6 Å². The maximum absolute atomic E-state index is 12.8. The molecule has 0 aliphatic carbocycles. The molecule has 1 N–H and O–H groups in total. The Hall–Kier alpha value is -2.09. The molecule has 1 heterocycles. The Balaban J connectivity index is 1.73. The largest absolute Gasteiger partial charge is 0.465 e. The summed E-state index contributed by atoms with van der Waals surface area (Å²) in [7, 11) is -2.64. The highest BCUT2D eigenvalue weighted by molar-refractivity contribution is 7.89. The minimum absolute atomic E-state index is 0.00916. The topological polar surface area (TPSA) is 75.7 Å². The number of benzene rings is 2. The van der Waals surface area contributed by atoms with E-state index in [0.717, 1.165) is 30.3 Å². The van der Waals surface area contributed by atoms with E-state index in [1.807, 2.05) is 24.3 Å². The van der Waals surface area contributed by atoms with Crippen LogP contribution in [0, 0.1) is 5.92 Å². The lowest BCUT2D eigenvalue weighted by Gasteiger charge is -2.32. The molecule has 1 saturated heterocycles. The molecule has 2 aromatic rings. The molecule has 0 saturated carbocycles. The molecule has 0 aromatic heterocycles. The zero-order valence-electron chi connectivity index (χ0n) is 17.4. The third-order valence-electron chi connectivity index (χ3n) is 5.53. The molecule has 0 amide bonds. The molecule has 2 aromatic carbocycles. The molecule has 162 valence electrons. The van der Waals surface area contributed by atoms with Gasteiger partial charge >= 0.3 is 5.97 Å². The van der Waals surface area contributed by atoms with Crippen LogP contribution in [0.25, 0.3) is 0 Å². The lowest BCUT2D eigenvalue weighted by atomic mass is 9.98. The van der Waals surface area contributed by atoms with Crippen LogP contribution in [-0.4, -0.2) is 34.6 Å². The lowest BCUT2D eigenvalue weighted by molar-refractivity contribution is 0.0600. The fraction of sp³-hybridized carbons (Fsp3) is 0.409. The highest BCUT2D eigenvalue weighted by Gasteiger charge is 2.22. The van der Waals surface area contributed by atoms with Crippen LogP contribution in [0.5, 0.6) is 0 Å². The Morgan fingerprint density at radius 1 is 1.17 bits per heavy atom. The van der Waals surface area contributed by atoms with Crippen LogP contribution in [0.1, 0.15) is 48.7 Å². The number of methoxy groups -OCH3 is 1. The van der Waals surface area contributed by atoms with E-state index in [2.05, 4.69) is 21.3 Å². The number of anilines is 1. The summed E-state index contributed by atoms with van der Waals surface area (Å²) in [6.45, 7) is 6.15. The van der Waals surface area contributed by atoms with Gasteiger partial charge in [0.2, 0.25) is 10.0 Å². The average Bonchev–Trinajstić information content (AvgIpc) is 2.73. The molecule has 0 unspecified atom stereocenters. The normalized spacial score (nSPS) is 16.3. The second kappa shape index (κ2) is 9.37. The molecular weight excluding hydrogens is 424 g/mol. The van der Waals surface area contributed by atoms with Gasteiger partial charge in [-0.05, 0) is 61.6 Å². The van der Waals surface area contributed by atoms with Gasteiger partial charge in [-0.1, -0.05) is 30.7 Å². The van der Waals surface area contributed by atoms with E-state index in [9.17, 15) is 13.2 Å². The van der Waals surface area contributed by atoms with Crippen molar-refractivity contribution >= 4 is 33.3 Å². The maximum atomic E-state index is 12.8. The Labute approximate surface area is 183 Å². The van der Waals surface area contributed by atoms with Crippen molar-refractivity contribution in [3.63, 3.8) is 0 Å². The van der Waals surface area contributed by atoms with E-state index in [-0.39, 0.29) is 15.5 Å². The first-order valence-electron chi connectivity index (χ1n) is 9.96. The predicted molar refractivity (Wildman–Crippen MR) is 119 cm³/mol. The van der Waals surface area contributed by atoms with E-state index in [1.54, 1.807) is 6.92 Å². The van der Waals surface area contributed by atoms with Crippen molar-refractivity contribution in [2.75, 3.05) is 25.1 Å². The molecular formula is C22H27ClN2O4S. The molecule has 1 aliphatic rings. The number of rotatable bonds is 6. The van der Waals surface area contributed by atoms with Crippen molar-refractivity contribution in [1.29, 1.82) is 0 Å². The number of piperidine rings is 1. The Morgan fingerprint density at radius 3 is 2.40 bits per heavy atom. The maximum Gasteiger partial charge on any atom is 0.339 e. The summed E-state index contributed by atoms with van der Waals surface area (Å²) in [4.78, 5) is 14.1. The first-order chi connectivity index (χ1) is 14.2. The highest BCUT2D eigenvalue weighted by atomic mass is 35.5. The van der Waals surface area contributed by atoms with Gasteiger partial charge in [-0.25, -0.2) is 17.9 Å². The zero-order valence-corrected chi connectivity index (χ0v) is 19.0. The molecule has 8 heteroatoms. The van der Waals surface area contributed by atoms with Crippen molar-refractivity contribution in [2.24, 2.45) is 5.92 Å². The van der Waals surface area contributed by atoms with Crippen LogP contribution in [0.2, 0.25) is 5.02 Å². The van der Waals surface area contributed by atoms with Gasteiger partial charge in [0.05, 0.1) is 22.6 Å². The van der Waals surface area contributed by atoms with Gasteiger partial charge < -0.3 is 9.64 Å². The molecule has 6 nitrogen and oxygen atoms in total. The fourth-order valence-corrected chi connectivity index (χ4v) is 5.00. The fourth-order valence-electron chi connectivity index (χ4n) is 3.55. The molecule has 0 radical (unpaired) electrons. The van der Waals surface area contributed by atoms with Gasteiger partial charge in [0.1, 0.15) is 0 Å². The number of hydrogen-bond acceptors (Lipinski definition) is 5. The number of carbonyl (C=O) groups is 1. The van der Waals surface area contributed by atoms with Crippen molar-refractivity contribution in [1.82, 2.24) is 4.72 Å². The third kappa shape index (κ3) is 5.14. The second-order valence-corrected chi connectivity index (χ2v) is 9.86. The van der Waals surface area contributed by atoms with Crippen molar-refractivity contribution in [2.45, 2.75) is 37.6 Å². The van der Waals surface area contributed by atoms with Crippen LogP contribution < -0.4 is 9.62 Å². The summed E-state index contributed by atoms with van der Waals surface area (Å²) >= 11 is 5.99.